The molecule has 0 bridgehead atoms. The number of aromatic nitrogens is 1. The molecule has 1 N–H and O–H groups in total. The Labute approximate surface area is 102 Å². The first-order valence-electron chi connectivity index (χ1n) is 5.85. The number of nitrogens with zero attached hydrogens (tertiary/aromatic N) is 1. The lowest BCUT2D eigenvalue weighted by molar-refractivity contribution is 0.480. The lowest BCUT2D eigenvalue weighted by Gasteiger charge is -2.23. The summed E-state index contributed by atoms with van der Waals surface area (Å²) in [6.07, 6.45) is 5.41. The van der Waals surface area contributed by atoms with E-state index in [0.29, 0.717) is 5.92 Å². The van der Waals surface area contributed by atoms with Crippen LogP contribution in [-0.2, 0) is 0 Å². The summed E-state index contributed by atoms with van der Waals surface area (Å²) in [4.78, 5) is 4.05. The summed E-state index contributed by atoms with van der Waals surface area (Å²) in [6.45, 7) is 4.21. The highest BCUT2D eigenvalue weighted by Crippen LogP contribution is 2.32. The van der Waals surface area contributed by atoms with Gasteiger partial charge in [-0.05, 0) is 37.7 Å². The van der Waals surface area contributed by atoms with E-state index in [-0.39, 0.29) is 6.04 Å². The van der Waals surface area contributed by atoms with Crippen LogP contribution in [0.15, 0.2) is 41.3 Å². The van der Waals surface area contributed by atoms with Gasteiger partial charge in [-0.3, -0.25) is 4.98 Å². The SMILES string of the molecule is CNC(c1ccoc1C)C(C)c1ccncc1. The maximum absolute atomic E-state index is 5.38. The fraction of sp³-hybridized carbons (Fsp3) is 0.357. The van der Waals surface area contributed by atoms with Crippen molar-refractivity contribution in [3.05, 3.63) is 53.7 Å². The van der Waals surface area contributed by atoms with E-state index in [9.17, 15) is 0 Å². The van der Waals surface area contributed by atoms with Gasteiger partial charge in [0.05, 0.1) is 6.26 Å². The number of hydrogen-bond acceptors (Lipinski definition) is 3. The van der Waals surface area contributed by atoms with E-state index in [1.807, 2.05) is 32.4 Å². The van der Waals surface area contributed by atoms with Gasteiger partial charge in [0.2, 0.25) is 0 Å². The second-order valence-electron chi connectivity index (χ2n) is 4.27. The third-order valence-corrected chi connectivity index (χ3v) is 3.28. The molecule has 0 radical (unpaired) electrons. The molecule has 0 fully saturated rings. The van der Waals surface area contributed by atoms with Crippen LogP contribution in [0.2, 0.25) is 0 Å². The van der Waals surface area contributed by atoms with Gasteiger partial charge in [0.25, 0.3) is 0 Å². The molecule has 0 spiro atoms. The molecule has 0 aliphatic heterocycles. The van der Waals surface area contributed by atoms with Crippen LogP contribution in [0, 0.1) is 6.92 Å². The van der Waals surface area contributed by atoms with Crippen molar-refractivity contribution in [2.24, 2.45) is 0 Å². The molecule has 3 nitrogen and oxygen atoms in total. The Kier molecular flexibility index (Phi) is 3.59. The monoisotopic (exact) mass is 230 g/mol. The fourth-order valence-electron chi connectivity index (χ4n) is 2.25. The summed E-state index contributed by atoms with van der Waals surface area (Å²) in [7, 11) is 1.98. The predicted octanol–water partition coefficient (Wildman–Crippen LogP) is 3.05. The van der Waals surface area contributed by atoms with Crippen molar-refractivity contribution in [1.29, 1.82) is 0 Å². The van der Waals surface area contributed by atoms with E-state index >= 15 is 0 Å². The molecule has 17 heavy (non-hydrogen) atoms. The van der Waals surface area contributed by atoms with Crippen LogP contribution in [0.5, 0.6) is 0 Å². The van der Waals surface area contributed by atoms with Crippen molar-refractivity contribution in [3.63, 3.8) is 0 Å². The predicted molar refractivity (Wildman–Crippen MR) is 67.9 cm³/mol. The van der Waals surface area contributed by atoms with E-state index in [4.69, 9.17) is 4.42 Å². The molecule has 0 amide bonds. The number of hydrogen-bond donors (Lipinski definition) is 1. The average molecular weight is 230 g/mol. The molecule has 3 heteroatoms. The lowest BCUT2D eigenvalue weighted by atomic mass is 9.89. The fourth-order valence-corrected chi connectivity index (χ4v) is 2.25. The van der Waals surface area contributed by atoms with Gasteiger partial charge in [0.1, 0.15) is 5.76 Å². The van der Waals surface area contributed by atoms with Crippen LogP contribution in [0.1, 0.15) is 35.8 Å². The first-order valence-corrected chi connectivity index (χ1v) is 5.85. The topological polar surface area (TPSA) is 38.1 Å². The van der Waals surface area contributed by atoms with Crippen molar-refractivity contribution < 1.29 is 4.42 Å². The molecule has 0 saturated carbocycles. The number of furan rings is 1. The minimum atomic E-state index is 0.260. The summed E-state index contributed by atoms with van der Waals surface area (Å²) in [5, 5.41) is 3.36. The Morgan fingerprint density at radius 1 is 1.24 bits per heavy atom. The van der Waals surface area contributed by atoms with Gasteiger partial charge in [-0.15, -0.1) is 0 Å². The third kappa shape index (κ3) is 2.39. The largest absolute Gasteiger partial charge is 0.469 e. The Morgan fingerprint density at radius 3 is 2.47 bits per heavy atom. The average Bonchev–Trinajstić information content (AvgIpc) is 2.78. The summed E-state index contributed by atoms with van der Waals surface area (Å²) in [6, 6.07) is 6.42. The van der Waals surface area contributed by atoms with Crippen molar-refractivity contribution in [1.82, 2.24) is 10.3 Å². The Balaban J connectivity index is 2.28. The van der Waals surface area contributed by atoms with Gasteiger partial charge in [0.15, 0.2) is 0 Å². The second kappa shape index (κ2) is 5.15. The minimum Gasteiger partial charge on any atom is -0.469 e. The standard InChI is InChI=1S/C14H18N2O/c1-10(12-4-7-16-8-5-12)14(15-3)13-6-9-17-11(13)2/h4-10,14-15H,1-3H3. The molecule has 2 aromatic heterocycles. The highest BCUT2D eigenvalue weighted by atomic mass is 16.3. The lowest BCUT2D eigenvalue weighted by Crippen LogP contribution is -2.22. The van der Waals surface area contributed by atoms with E-state index in [1.165, 1.54) is 11.1 Å². The van der Waals surface area contributed by atoms with Crippen LogP contribution >= 0.6 is 0 Å². The van der Waals surface area contributed by atoms with Crippen molar-refractivity contribution >= 4 is 0 Å². The molecule has 2 heterocycles. The van der Waals surface area contributed by atoms with Gasteiger partial charge < -0.3 is 9.73 Å². The number of pyridine rings is 1. The zero-order valence-electron chi connectivity index (χ0n) is 10.5. The van der Waals surface area contributed by atoms with Crippen LogP contribution in [-0.4, -0.2) is 12.0 Å². The van der Waals surface area contributed by atoms with E-state index in [0.717, 1.165) is 5.76 Å². The Hall–Kier alpha value is -1.61. The smallest absolute Gasteiger partial charge is 0.105 e. The number of rotatable bonds is 4. The Morgan fingerprint density at radius 2 is 1.94 bits per heavy atom. The molecular weight excluding hydrogens is 212 g/mol. The molecule has 0 aliphatic carbocycles. The minimum absolute atomic E-state index is 0.260. The quantitative estimate of drug-likeness (QED) is 0.877. The summed E-state index contributed by atoms with van der Waals surface area (Å²) < 4.78 is 5.38. The van der Waals surface area contributed by atoms with Gasteiger partial charge >= 0.3 is 0 Å². The number of nitrogens with one attached hydrogen (secondary N) is 1. The molecule has 2 aromatic rings. The first-order chi connectivity index (χ1) is 8.24. The number of likely N-dealkylation sites (N-methyl/N-ethyl adjacent to an activating group) is 1. The molecule has 0 aliphatic rings. The number of aryl methyl sites for hydroxylation is 1. The summed E-state index contributed by atoms with van der Waals surface area (Å²) in [5.74, 6) is 1.35. The second-order valence-corrected chi connectivity index (χ2v) is 4.27. The van der Waals surface area contributed by atoms with Gasteiger partial charge in [-0.2, -0.15) is 0 Å². The molecule has 2 atom stereocenters. The molecular formula is C14H18N2O. The maximum Gasteiger partial charge on any atom is 0.105 e. The third-order valence-electron chi connectivity index (χ3n) is 3.28. The van der Waals surface area contributed by atoms with Crippen LogP contribution in [0.3, 0.4) is 0 Å². The van der Waals surface area contributed by atoms with E-state index < -0.39 is 0 Å². The van der Waals surface area contributed by atoms with Gasteiger partial charge in [0, 0.05) is 29.9 Å². The highest BCUT2D eigenvalue weighted by Gasteiger charge is 2.21. The van der Waals surface area contributed by atoms with Crippen LogP contribution in [0.4, 0.5) is 0 Å². The first kappa shape index (κ1) is 11.9. The summed E-state index contributed by atoms with van der Waals surface area (Å²) in [5.41, 5.74) is 2.50. The van der Waals surface area contributed by atoms with Crippen molar-refractivity contribution in [3.8, 4) is 0 Å². The van der Waals surface area contributed by atoms with Gasteiger partial charge in [-0.1, -0.05) is 6.92 Å². The Bertz CT molecular complexity index is 464. The molecule has 90 valence electrons. The van der Waals surface area contributed by atoms with Crippen molar-refractivity contribution in [2.75, 3.05) is 7.05 Å². The zero-order chi connectivity index (χ0) is 12.3. The molecule has 2 rings (SSSR count). The highest BCUT2D eigenvalue weighted by molar-refractivity contribution is 5.27. The summed E-state index contributed by atoms with van der Waals surface area (Å²) >= 11 is 0. The van der Waals surface area contributed by atoms with Crippen molar-refractivity contribution in [2.45, 2.75) is 25.8 Å². The van der Waals surface area contributed by atoms with Crippen LogP contribution in [0.25, 0.3) is 0 Å². The molecule has 0 saturated heterocycles. The van der Waals surface area contributed by atoms with E-state index in [1.54, 1.807) is 6.26 Å². The molecule has 0 aromatic carbocycles. The zero-order valence-corrected chi connectivity index (χ0v) is 10.5. The maximum atomic E-state index is 5.38. The normalized spacial score (nSPS) is 14.5. The molecule has 2 unspecified atom stereocenters. The van der Waals surface area contributed by atoms with Crippen LogP contribution < -0.4 is 5.32 Å². The van der Waals surface area contributed by atoms with Gasteiger partial charge in [-0.25, -0.2) is 0 Å². The van der Waals surface area contributed by atoms with E-state index in [2.05, 4.69) is 29.4 Å².